The molecule has 2 rings (SSSR count). The van der Waals surface area contributed by atoms with Gasteiger partial charge < -0.3 is 5.73 Å². The van der Waals surface area contributed by atoms with E-state index < -0.39 is 10.0 Å². The Morgan fingerprint density at radius 1 is 1.14 bits per heavy atom. The van der Waals surface area contributed by atoms with Crippen molar-refractivity contribution in [3.63, 3.8) is 0 Å². The second-order valence-corrected chi connectivity index (χ2v) is 7.55. The highest BCUT2D eigenvalue weighted by Gasteiger charge is 2.14. The molecule has 2 aromatic carbocycles. The minimum atomic E-state index is -3.55. The number of nitrogens with two attached hydrogens (primary N) is 1. The standard InChI is InChI=1S/C14H14BrClN2O2S/c15-12-4-5-13(16)14(7-12)18-21(19,20)9-11-3-1-2-10(6-11)8-17/h1-7,18H,8-9,17H2. The van der Waals surface area contributed by atoms with Gasteiger partial charge in [0.15, 0.2) is 0 Å². The molecule has 3 N–H and O–H groups in total. The molecule has 0 amide bonds. The fourth-order valence-electron chi connectivity index (χ4n) is 1.85. The molecule has 21 heavy (non-hydrogen) atoms. The minimum Gasteiger partial charge on any atom is -0.326 e. The van der Waals surface area contributed by atoms with E-state index in [1.807, 2.05) is 6.07 Å². The molecule has 0 saturated heterocycles. The summed E-state index contributed by atoms with van der Waals surface area (Å²) < 4.78 is 27.7. The van der Waals surface area contributed by atoms with Crippen LogP contribution in [-0.2, 0) is 22.3 Å². The molecule has 0 radical (unpaired) electrons. The number of sulfonamides is 1. The molecule has 0 aliphatic rings. The first-order valence-electron chi connectivity index (χ1n) is 6.13. The van der Waals surface area contributed by atoms with Gasteiger partial charge in [0.2, 0.25) is 10.0 Å². The first-order valence-corrected chi connectivity index (χ1v) is 8.95. The van der Waals surface area contributed by atoms with Crippen LogP contribution in [0.1, 0.15) is 11.1 Å². The molecule has 0 aliphatic carbocycles. The van der Waals surface area contributed by atoms with Gasteiger partial charge in [-0.25, -0.2) is 8.42 Å². The molecular weight excluding hydrogens is 376 g/mol. The van der Waals surface area contributed by atoms with Gasteiger partial charge in [-0.1, -0.05) is 51.8 Å². The Kier molecular flexibility index (Phi) is 5.27. The van der Waals surface area contributed by atoms with Crippen LogP contribution in [-0.4, -0.2) is 8.42 Å². The summed E-state index contributed by atoms with van der Waals surface area (Å²) in [7, 11) is -3.55. The Morgan fingerprint density at radius 3 is 2.57 bits per heavy atom. The predicted octanol–water partition coefficient (Wildman–Crippen LogP) is 3.50. The van der Waals surface area contributed by atoms with Crippen LogP contribution in [0.25, 0.3) is 0 Å². The lowest BCUT2D eigenvalue weighted by Crippen LogP contribution is -2.15. The molecule has 7 heteroatoms. The summed E-state index contributed by atoms with van der Waals surface area (Å²) in [6, 6.07) is 12.2. The number of nitrogens with one attached hydrogen (secondary N) is 1. The number of hydrogen-bond acceptors (Lipinski definition) is 3. The minimum absolute atomic E-state index is 0.135. The van der Waals surface area contributed by atoms with Crippen molar-refractivity contribution in [3.05, 3.63) is 63.1 Å². The summed E-state index contributed by atoms with van der Waals surface area (Å²) >= 11 is 9.27. The highest BCUT2D eigenvalue weighted by molar-refractivity contribution is 9.10. The maximum Gasteiger partial charge on any atom is 0.236 e. The van der Waals surface area contributed by atoms with Crippen molar-refractivity contribution in [2.75, 3.05) is 4.72 Å². The lowest BCUT2D eigenvalue weighted by molar-refractivity contribution is 0.600. The highest BCUT2D eigenvalue weighted by Crippen LogP contribution is 2.27. The largest absolute Gasteiger partial charge is 0.326 e. The van der Waals surface area contributed by atoms with Crippen molar-refractivity contribution >= 4 is 43.2 Å². The van der Waals surface area contributed by atoms with Crippen molar-refractivity contribution in [1.82, 2.24) is 0 Å². The van der Waals surface area contributed by atoms with Crippen LogP contribution in [0.4, 0.5) is 5.69 Å². The Hall–Kier alpha value is -1.08. The molecule has 0 aromatic heterocycles. The van der Waals surface area contributed by atoms with E-state index in [0.717, 1.165) is 10.0 Å². The monoisotopic (exact) mass is 388 g/mol. The Bertz CT molecular complexity index is 750. The Labute approximate surface area is 137 Å². The van der Waals surface area contributed by atoms with E-state index in [1.165, 1.54) is 0 Å². The molecule has 4 nitrogen and oxygen atoms in total. The first kappa shape index (κ1) is 16.3. The van der Waals surface area contributed by atoms with Crippen LogP contribution in [0.15, 0.2) is 46.9 Å². The van der Waals surface area contributed by atoms with Gasteiger partial charge in [-0.3, -0.25) is 4.72 Å². The zero-order valence-electron chi connectivity index (χ0n) is 11.0. The second-order valence-electron chi connectivity index (χ2n) is 4.51. The summed E-state index contributed by atoms with van der Waals surface area (Å²) in [5, 5.41) is 0.345. The van der Waals surface area contributed by atoms with Gasteiger partial charge in [0.05, 0.1) is 16.5 Å². The van der Waals surface area contributed by atoms with Crippen LogP contribution in [0.3, 0.4) is 0 Å². The summed E-state index contributed by atoms with van der Waals surface area (Å²) in [6.45, 7) is 0.374. The maximum absolute atomic E-state index is 12.2. The fourth-order valence-corrected chi connectivity index (χ4v) is 3.62. The van der Waals surface area contributed by atoms with Gasteiger partial charge >= 0.3 is 0 Å². The van der Waals surface area contributed by atoms with E-state index in [1.54, 1.807) is 36.4 Å². The van der Waals surface area contributed by atoms with E-state index in [-0.39, 0.29) is 5.75 Å². The van der Waals surface area contributed by atoms with Crippen molar-refractivity contribution in [1.29, 1.82) is 0 Å². The van der Waals surface area contributed by atoms with Crippen LogP contribution in [0, 0.1) is 0 Å². The normalized spacial score (nSPS) is 11.4. The molecule has 0 atom stereocenters. The molecule has 112 valence electrons. The van der Waals surface area contributed by atoms with Gasteiger partial charge in [-0.2, -0.15) is 0 Å². The predicted molar refractivity (Wildman–Crippen MR) is 89.7 cm³/mol. The third-order valence-corrected chi connectivity index (χ3v) is 4.84. The average Bonchev–Trinajstić information content (AvgIpc) is 2.42. The number of hydrogen-bond donors (Lipinski definition) is 2. The fraction of sp³-hybridized carbons (Fsp3) is 0.143. The molecule has 0 spiro atoms. The third-order valence-electron chi connectivity index (χ3n) is 2.78. The van der Waals surface area contributed by atoms with E-state index in [2.05, 4.69) is 20.7 Å². The second kappa shape index (κ2) is 6.79. The zero-order chi connectivity index (χ0) is 15.5. The van der Waals surface area contributed by atoms with E-state index in [4.69, 9.17) is 17.3 Å². The molecule has 0 unspecified atom stereocenters. The number of halogens is 2. The zero-order valence-corrected chi connectivity index (χ0v) is 14.2. The number of benzene rings is 2. The van der Waals surface area contributed by atoms with Crippen LogP contribution in [0.5, 0.6) is 0 Å². The van der Waals surface area contributed by atoms with Crippen LogP contribution >= 0.6 is 27.5 Å². The highest BCUT2D eigenvalue weighted by atomic mass is 79.9. The Balaban J connectivity index is 2.20. The van der Waals surface area contributed by atoms with Crippen LogP contribution < -0.4 is 10.5 Å². The molecule has 0 bridgehead atoms. The van der Waals surface area contributed by atoms with Crippen molar-refractivity contribution < 1.29 is 8.42 Å². The summed E-state index contributed by atoms with van der Waals surface area (Å²) in [4.78, 5) is 0. The first-order chi connectivity index (χ1) is 9.89. The maximum atomic E-state index is 12.2. The van der Waals surface area contributed by atoms with E-state index >= 15 is 0 Å². The molecule has 2 aromatic rings. The SMILES string of the molecule is NCc1cccc(CS(=O)(=O)Nc2cc(Br)ccc2Cl)c1. The van der Waals surface area contributed by atoms with Crippen molar-refractivity contribution in [2.45, 2.75) is 12.3 Å². The van der Waals surface area contributed by atoms with Crippen molar-refractivity contribution in [2.24, 2.45) is 5.73 Å². The molecular formula is C14H14BrClN2O2S. The van der Waals surface area contributed by atoms with Gasteiger partial charge in [-0.15, -0.1) is 0 Å². The summed E-state index contributed by atoms with van der Waals surface area (Å²) in [5.41, 5.74) is 7.47. The average molecular weight is 390 g/mol. The van der Waals surface area contributed by atoms with Crippen molar-refractivity contribution in [3.8, 4) is 0 Å². The molecule has 0 saturated carbocycles. The molecule has 0 heterocycles. The lowest BCUT2D eigenvalue weighted by atomic mass is 10.1. The lowest BCUT2D eigenvalue weighted by Gasteiger charge is -2.10. The topological polar surface area (TPSA) is 72.2 Å². The van der Waals surface area contributed by atoms with Gasteiger partial charge in [0.1, 0.15) is 0 Å². The number of rotatable bonds is 5. The quantitative estimate of drug-likeness (QED) is 0.822. The molecule has 0 fully saturated rings. The third kappa shape index (κ3) is 4.71. The van der Waals surface area contributed by atoms with Crippen LogP contribution in [0.2, 0.25) is 5.02 Å². The molecule has 0 aliphatic heterocycles. The van der Waals surface area contributed by atoms with E-state index in [0.29, 0.717) is 22.8 Å². The van der Waals surface area contributed by atoms with Gasteiger partial charge in [0.25, 0.3) is 0 Å². The smallest absolute Gasteiger partial charge is 0.236 e. The summed E-state index contributed by atoms with van der Waals surface area (Å²) in [6.07, 6.45) is 0. The van der Waals surface area contributed by atoms with Gasteiger partial charge in [-0.05, 0) is 29.3 Å². The number of anilines is 1. The Morgan fingerprint density at radius 2 is 1.86 bits per heavy atom. The summed E-state index contributed by atoms with van der Waals surface area (Å²) in [5.74, 6) is -0.135. The van der Waals surface area contributed by atoms with E-state index in [9.17, 15) is 8.42 Å². The van der Waals surface area contributed by atoms with Gasteiger partial charge in [0, 0.05) is 11.0 Å².